The average molecular weight is 361 g/mol. The van der Waals surface area contributed by atoms with Crippen LogP contribution in [-0.2, 0) is 16.0 Å². The highest BCUT2D eigenvalue weighted by molar-refractivity contribution is 5.78. The van der Waals surface area contributed by atoms with Crippen LogP contribution in [0.1, 0.15) is 17.2 Å². The molecule has 1 fully saturated rings. The van der Waals surface area contributed by atoms with Gasteiger partial charge in [0.05, 0.1) is 25.7 Å². The van der Waals surface area contributed by atoms with Gasteiger partial charge in [-0.1, -0.05) is 12.1 Å². The normalized spacial score (nSPS) is 16.2. The Balaban J connectivity index is 1.64. The lowest BCUT2D eigenvalue weighted by molar-refractivity contribution is -0.120. The molecule has 1 aliphatic rings. The summed E-state index contributed by atoms with van der Waals surface area (Å²) in [5.41, 5.74) is 1.18. The van der Waals surface area contributed by atoms with Gasteiger partial charge in [-0.3, -0.25) is 14.7 Å². The van der Waals surface area contributed by atoms with Crippen LogP contribution >= 0.6 is 0 Å². The monoisotopic (exact) mass is 361 g/mol. The first kappa shape index (κ1) is 18.4. The van der Waals surface area contributed by atoms with Gasteiger partial charge < -0.3 is 10.1 Å². The molecule has 1 aromatic carbocycles. The molecular formula is C19H21F2N3O2. The Bertz CT molecular complexity index is 737. The van der Waals surface area contributed by atoms with Crippen molar-refractivity contribution in [2.45, 2.75) is 12.5 Å². The van der Waals surface area contributed by atoms with E-state index in [1.165, 1.54) is 6.07 Å². The standard InChI is InChI=1S/C19H21F2N3O2/c20-16-4-3-14(17(21)11-16)10-19(25)23-13-18(15-2-1-5-22-12-15)24-6-8-26-9-7-24/h1-5,11-12,18H,6-10,13H2,(H,23,25). The highest BCUT2D eigenvalue weighted by Crippen LogP contribution is 2.20. The molecule has 2 aromatic rings. The predicted molar refractivity (Wildman–Crippen MR) is 92.4 cm³/mol. The summed E-state index contributed by atoms with van der Waals surface area (Å²) >= 11 is 0. The minimum absolute atomic E-state index is 0.0328. The molecule has 0 aliphatic carbocycles. The van der Waals surface area contributed by atoms with E-state index in [1.54, 1.807) is 12.4 Å². The van der Waals surface area contributed by atoms with Gasteiger partial charge in [-0.2, -0.15) is 0 Å². The van der Waals surface area contributed by atoms with Crippen LogP contribution in [0.15, 0.2) is 42.7 Å². The van der Waals surface area contributed by atoms with E-state index in [0.29, 0.717) is 19.8 Å². The number of hydrogen-bond donors (Lipinski definition) is 1. The molecule has 26 heavy (non-hydrogen) atoms. The Kier molecular flexibility index (Phi) is 6.25. The van der Waals surface area contributed by atoms with Crippen LogP contribution in [0, 0.1) is 11.6 Å². The maximum absolute atomic E-state index is 13.7. The van der Waals surface area contributed by atoms with Crippen LogP contribution in [0.5, 0.6) is 0 Å². The summed E-state index contributed by atoms with van der Waals surface area (Å²) < 4.78 is 32.1. The van der Waals surface area contributed by atoms with E-state index in [0.717, 1.165) is 30.8 Å². The van der Waals surface area contributed by atoms with Crippen molar-refractivity contribution in [1.82, 2.24) is 15.2 Å². The van der Waals surface area contributed by atoms with E-state index in [-0.39, 0.29) is 23.9 Å². The first-order valence-corrected chi connectivity index (χ1v) is 8.56. The van der Waals surface area contributed by atoms with Crippen LogP contribution in [-0.4, -0.2) is 48.6 Å². The number of benzene rings is 1. The number of hydrogen-bond acceptors (Lipinski definition) is 4. The topological polar surface area (TPSA) is 54.5 Å². The number of pyridine rings is 1. The van der Waals surface area contributed by atoms with Crippen molar-refractivity contribution in [3.8, 4) is 0 Å². The van der Waals surface area contributed by atoms with Crippen molar-refractivity contribution in [3.63, 3.8) is 0 Å². The van der Waals surface area contributed by atoms with Crippen LogP contribution in [0.4, 0.5) is 8.78 Å². The Hall–Kier alpha value is -2.38. The zero-order valence-corrected chi connectivity index (χ0v) is 14.3. The molecule has 1 aromatic heterocycles. The summed E-state index contributed by atoms with van der Waals surface area (Å²) in [4.78, 5) is 18.6. The summed E-state index contributed by atoms with van der Waals surface area (Å²) in [5, 5.41) is 2.86. The van der Waals surface area contributed by atoms with Gasteiger partial charge in [0.25, 0.3) is 0 Å². The van der Waals surface area contributed by atoms with Crippen molar-refractivity contribution in [2.24, 2.45) is 0 Å². The lowest BCUT2D eigenvalue weighted by Gasteiger charge is -2.34. The van der Waals surface area contributed by atoms with E-state index >= 15 is 0 Å². The zero-order chi connectivity index (χ0) is 18.4. The maximum Gasteiger partial charge on any atom is 0.224 e. The van der Waals surface area contributed by atoms with Gasteiger partial charge in [0, 0.05) is 38.1 Å². The number of halogens is 2. The molecule has 1 atom stereocenters. The fraction of sp³-hybridized carbons (Fsp3) is 0.368. The lowest BCUT2D eigenvalue weighted by Crippen LogP contribution is -2.44. The van der Waals surface area contributed by atoms with Gasteiger partial charge in [0.1, 0.15) is 11.6 Å². The van der Waals surface area contributed by atoms with Crippen molar-refractivity contribution in [2.75, 3.05) is 32.8 Å². The third-order valence-electron chi connectivity index (χ3n) is 4.41. The molecular weight excluding hydrogens is 340 g/mol. The largest absolute Gasteiger partial charge is 0.379 e. The first-order valence-electron chi connectivity index (χ1n) is 8.56. The maximum atomic E-state index is 13.7. The minimum atomic E-state index is -0.711. The number of aromatic nitrogens is 1. The summed E-state index contributed by atoms with van der Waals surface area (Å²) in [6.45, 7) is 3.20. The number of nitrogens with zero attached hydrogens (tertiary/aromatic N) is 2. The Morgan fingerprint density at radius 2 is 2.08 bits per heavy atom. The highest BCUT2D eigenvalue weighted by atomic mass is 19.1. The van der Waals surface area contributed by atoms with E-state index in [2.05, 4.69) is 15.2 Å². The Morgan fingerprint density at radius 1 is 1.27 bits per heavy atom. The molecule has 1 N–H and O–H groups in total. The quantitative estimate of drug-likeness (QED) is 0.856. The fourth-order valence-corrected chi connectivity index (χ4v) is 3.03. The summed E-state index contributed by atoms with van der Waals surface area (Å²) in [6.07, 6.45) is 3.36. The highest BCUT2D eigenvalue weighted by Gasteiger charge is 2.23. The third kappa shape index (κ3) is 4.83. The second-order valence-corrected chi connectivity index (χ2v) is 6.17. The van der Waals surface area contributed by atoms with Crippen LogP contribution in [0.3, 0.4) is 0 Å². The number of carbonyl (C=O) groups excluding carboxylic acids is 1. The van der Waals surface area contributed by atoms with Crippen molar-refractivity contribution >= 4 is 5.91 Å². The molecule has 0 saturated carbocycles. The van der Waals surface area contributed by atoms with E-state index in [4.69, 9.17) is 4.74 Å². The number of rotatable bonds is 6. The smallest absolute Gasteiger partial charge is 0.224 e. The average Bonchev–Trinajstić information content (AvgIpc) is 2.66. The number of carbonyl (C=O) groups is 1. The van der Waals surface area contributed by atoms with Gasteiger partial charge >= 0.3 is 0 Å². The number of nitrogens with one attached hydrogen (secondary N) is 1. The number of ether oxygens (including phenoxy) is 1. The predicted octanol–water partition coefficient (Wildman–Crippen LogP) is 2.09. The number of morpholine rings is 1. The second-order valence-electron chi connectivity index (χ2n) is 6.17. The molecule has 1 unspecified atom stereocenters. The summed E-state index contributed by atoms with van der Waals surface area (Å²) in [5.74, 6) is -1.68. The van der Waals surface area contributed by atoms with Crippen LogP contribution in [0.25, 0.3) is 0 Å². The Morgan fingerprint density at radius 3 is 2.77 bits per heavy atom. The van der Waals surface area contributed by atoms with Crippen molar-refractivity contribution in [3.05, 3.63) is 65.5 Å². The zero-order valence-electron chi connectivity index (χ0n) is 14.3. The molecule has 2 heterocycles. The van der Waals surface area contributed by atoms with E-state index < -0.39 is 11.6 Å². The van der Waals surface area contributed by atoms with Gasteiger partial charge in [0.15, 0.2) is 0 Å². The Labute approximate surface area is 151 Å². The van der Waals surface area contributed by atoms with Gasteiger partial charge in [-0.05, 0) is 23.3 Å². The van der Waals surface area contributed by atoms with Crippen molar-refractivity contribution < 1.29 is 18.3 Å². The van der Waals surface area contributed by atoms with Gasteiger partial charge in [-0.15, -0.1) is 0 Å². The second kappa shape index (κ2) is 8.82. The van der Waals surface area contributed by atoms with Crippen LogP contribution < -0.4 is 5.32 Å². The van der Waals surface area contributed by atoms with Crippen molar-refractivity contribution in [1.29, 1.82) is 0 Å². The minimum Gasteiger partial charge on any atom is -0.379 e. The van der Waals surface area contributed by atoms with E-state index in [9.17, 15) is 13.6 Å². The summed E-state index contributed by atoms with van der Waals surface area (Å²) in [7, 11) is 0. The van der Waals surface area contributed by atoms with E-state index in [1.807, 2.05) is 12.1 Å². The molecule has 3 rings (SSSR count). The molecule has 1 amide bonds. The molecule has 7 heteroatoms. The lowest BCUT2D eigenvalue weighted by atomic mass is 10.1. The molecule has 138 valence electrons. The molecule has 1 aliphatic heterocycles. The van der Waals surface area contributed by atoms with Gasteiger partial charge in [-0.25, -0.2) is 8.78 Å². The molecule has 5 nitrogen and oxygen atoms in total. The number of amides is 1. The SMILES string of the molecule is O=C(Cc1ccc(F)cc1F)NCC(c1cccnc1)N1CCOCC1. The summed E-state index contributed by atoms with van der Waals surface area (Å²) in [6, 6.07) is 7.03. The first-order chi connectivity index (χ1) is 12.6. The van der Waals surface area contributed by atoms with Gasteiger partial charge in [0.2, 0.25) is 5.91 Å². The van der Waals surface area contributed by atoms with Crippen LogP contribution in [0.2, 0.25) is 0 Å². The molecule has 0 spiro atoms. The molecule has 0 radical (unpaired) electrons. The molecule has 1 saturated heterocycles. The third-order valence-corrected chi connectivity index (χ3v) is 4.41. The fourth-order valence-electron chi connectivity index (χ4n) is 3.03. The molecule has 0 bridgehead atoms.